The van der Waals surface area contributed by atoms with Gasteiger partial charge in [0.15, 0.2) is 0 Å². The summed E-state index contributed by atoms with van der Waals surface area (Å²) >= 11 is 0. The second kappa shape index (κ2) is 5.38. The molecule has 1 heterocycles. The Morgan fingerprint density at radius 2 is 2.16 bits per heavy atom. The Balaban J connectivity index is 2.47. The maximum atomic E-state index is 13.9. The molecule has 0 unspecified atom stereocenters. The van der Waals surface area contributed by atoms with E-state index < -0.39 is 23.7 Å². The summed E-state index contributed by atoms with van der Waals surface area (Å²) in [4.78, 5) is 24.7. The summed E-state index contributed by atoms with van der Waals surface area (Å²) in [6.45, 7) is 2.15. The minimum atomic E-state index is -0.987. The lowest BCUT2D eigenvalue weighted by atomic mass is 9.84. The van der Waals surface area contributed by atoms with Crippen LogP contribution in [0.3, 0.4) is 0 Å². The highest BCUT2D eigenvalue weighted by atomic mass is 19.1. The first-order valence-corrected chi connectivity index (χ1v) is 6.33. The van der Waals surface area contributed by atoms with Crippen LogP contribution in [0.1, 0.15) is 31.4 Å². The molecule has 0 radical (unpaired) electrons. The number of aliphatic carboxylic acids is 1. The quantitative estimate of drug-likeness (QED) is 0.911. The predicted molar refractivity (Wildman–Crippen MR) is 66.9 cm³/mol. The van der Waals surface area contributed by atoms with Gasteiger partial charge in [0.25, 0.3) is 0 Å². The molecular weight excluding hydrogens is 249 g/mol. The van der Waals surface area contributed by atoms with Crippen LogP contribution in [0.15, 0.2) is 24.3 Å². The Morgan fingerprint density at radius 1 is 1.47 bits per heavy atom. The van der Waals surface area contributed by atoms with Crippen LogP contribution in [0.2, 0.25) is 0 Å². The van der Waals surface area contributed by atoms with Crippen molar-refractivity contribution >= 4 is 11.9 Å². The van der Waals surface area contributed by atoms with Crippen molar-refractivity contribution in [1.82, 2.24) is 4.90 Å². The molecule has 0 spiro atoms. The third-order valence-electron chi connectivity index (χ3n) is 3.59. The highest BCUT2D eigenvalue weighted by Crippen LogP contribution is 2.37. The average Bonchev–Trinajstić information content (AvgIpc) is 2.38. The number of carboxylic acid groups (broad SMARTS) is 1. The predicted octanol–water partition coefficient (Wildman–Crippen LogP) is 2.21. The van der Waals surface area contributed by atoms with Crippen LogP contribution in [0.4, 0.5) is 4.39 Å². The first-order valence-electron chi connectivity index (χ1n) is 6.33. The van der Waals surface area contributed by atoms with E-state index >= 15 is 0 Å². The number of halogens is 1. The molecule has 1 fully saturated rings. The van der Waals surface area contributed by atoms with Gasteiger partial charge in [-0.05, 0) is 19.4 Å². The van der Waals surface area contributed by atoms with Gasteiger partial charge in [-0.2, -0.15) is 0 Å². The average molecular weight is 265 g/mol. The molecule has 1 amide bonds. The number of benzene rings is 1. The number of carboxylic acids is 1. The second-order valence-corrected chi connectivity index (χ2v) is 4.63. The van der Waals surface area contributed by atoms with Gasteiger partial charge in [-0.15, -0.1) is 0 Å². The Morgan fingerprint density at radius 3 is 2.74 bits per heavy atom. The molecule has 1 aromatic carbocycles. The van der Waals surface area contributed by atoms with Crippen molar-refractivity contribution in [3.63, 3.8) is 0 Å². The normalized spacial score (nSPS) is 23.5. The molecule has 1 aromatic rings. The molecule has 0 aliphatic carbocycles. The number of hydrogen-bond donors (Lipinski definition) is 1. The number of rotatable bonds is 3. The van der Waals surface area contributed by atoms with Crippen LogP contribution in [0.25, 0.3) is 0 Å². The zero-order chi connectivity index (χ0) is 14.0. The molecule has 1 saturated heterocycles. The van der Waals surface area contributed by atoms with Gasteiger partial charge in [-0.1, -0.05) is 18.2 Å². The van der Waals surface area contributed by atoms with Crippen LogP contribution in [0, 0.1) is 11.7 Å². The van der Waals surface area contributed by atoms with Crippen molar-refractivity contribution in [2.75, 3.05) is 6.54 Å². The molecule has 102 valence electrons. The van der Waals surface area contributed by atoms with Crippen LogP contribution >= 0.6 is 0 Å². The van der Waals surface area contributed by atoms with Crippen molar-refractivity contribution < 1.29 is 19.1 Å². The number of nitrogens with zero attached hydrogens (tertiary/aromatic N) is 1. The zero-order valence-corrected chi connectivity index (χ0v) is 10.7. The molecule has 19 heavy (non-hydrogen) atoms. The van der Waals surface area contributed by atoms with E-state index in [1.807, 2.05) is 0 Å². The molecule has 2 rings (SSSR count). The summed E-state index contributed by atoms with van der Waals surface area (Å²) in [6.07, 6.45) is 0.458. The maximum absolute atomic E-state index is 13.9. The van der Waals surface area contributed by atoms with Gasteiger partial charge in [0, 0.05) is 18.5 Å². The molecule has 1 N–H and O–H groups in total. The number of carbonyl (C=O) groups excluding carboxylic acids is 1. The lowest BCUT2D eigenvalue weighted by Crippen LogP contribution is -2.45. The van der Waals surface area contributed by atoms with E-state index in [0.717, 1.165) is 0 Å². The SMILES string of the molecule is CCN1C(=O)CC[C@@H](C(=O)O)[C@@H]1c1ccccc1F. The highest BCUT2D eigenvalue weighted by molar-refractivity contribution is 5.81. The first-order chi connectivity index (χ1) is 9.06. The van der Waals surface area contributed by atoms with Gasteiger partial charge in [0.2, 0.25) is 5.91 Å². The summed E-state index contributed by atoms with van der Waals surface area (Å²) in [5.74, 6) is -2.33. The second-order valence-electron chi connectivity index (χ2n) is 4.63. The standard InChI is InChI=1S/C14H16FNO3/c1-2-16-12(17)8-7-10(14(18)19)13(16)9-5-3-4-6-11(9)15/h3-6,10,13H,2,7-8H2,1H3,(H,18,19)/t10-,13+/m1/s1. The van der Waals surface area contributed by atoms with E-state index in [9.17, 15) is 19.1 Å². The van der Waals surface area contributed by atoms with Crippen LogP contribution in [0.5, 0.6) is 0 Å². The number of carbonyl (C=O) groups is 2. The van der Waals surface area contributed by atoms with E-state index in [-0.39, 0.29) is 24.3 Å². The van der Waals surface area contributed by atoms with Gasteiger partial charge < -0.3 is 10.0 Å². The zero-order valence-electron chi connectivity index (χ0n) is 10.7. The Kier molecular flexibility index (Phi) is 3.83. The van der Waals surface area contributed by atoms with Crippen LogP contribution in [-0.2, 0) is 9.59 Å². The van der Waals surface area contributed by atoms with Crippen LogP contribution in [-0.4, -0.2) is 28.4 Å². The summed E-state index contributed by atoms with van der Waals surface area (Å²) in [5.41, 5.74) is 0.282. The van der Waals surface area contributed by atoms with Gasteiger partial charge in [-0.3, -0.25) is 9.59 Å². The fourth-order valence-electron chi connectivity index (χ4n) is 2.68. The van der Waals surface area contributed by atoms with E-state index in [4.69, 9.17) is 0 Å². The number of likely N-dealkylation sites (tertiary alicyclic amines) is 1. The fourth-order valence-corrected chi connectivity index (χ4v) is 2.68. The first kappa shape index (κ1) is 13.5. The van der Waals surface area contributed by atoms with E-state index in [1.54, 1.807) is 25.1 Å². The molecule has 4 nitrogen and oxygen atoms in total. The minimum absolute atomic E-state index is 0.117. The molecule has 0 bridgehead atoms. The summed E-state index contributed by atoms with van der Waals surface area (Å²) in [6, 6.07) is 5.34. The monoisotopic (exact) mass is 265 g/mol. The lowest BCUT2D eigenvalue weighted by molar-refractivity contribution is -0.151. The van der Waals surface area contributed by atoms with Crippen LogP contribution < -0.4 is 0 Å². The van der Waals surface area contributed by atoms with E-state index in [1.165, 1.54) is 11.0 Å². The third kappa shape index (κ3) is 2.45. The summed E-state index contributed by atoms with van der Waals surface area (Å²) in [7, 11) is 0. The smallest absolute Gasteiger partial charge is 0.308 e. The fraction of sp³-hybridized carbons (Fsp3) is 0.429. The highest BCUT2D eigenvalue weighted by Gasteiger charge is 2.40. The molecule has 5 heteroatoms. The summed E-state index contributed by atoms with van der Waals surface area (Å²) in [5, 5.41) is 9.30. The van der Waals surface area contributed by atoms with Crippen molar-refractivity contribution in [3.8, 4) is 0 Å². The third-order valence-corrected chi connectivity index (χ3v) is 3.59. The van der Waals surface area contributed by atoms with Gasteiger partial charge in [-0.25, -0.2) is 4.39 Å². The molecule has 1 aliphatic rings. The van der Waals surface area contributed by atoms with Crippen molar-refractivity contribution in [1.29, 1.82) is 0 Å². The van der Waals surface area contributed by atoms with Gasteiger partial charge in [0.1, 0.15) is 5.82 Å². The minimum Gasteiger partial charge on any atom is -0.481 e. The Labute approximate surface area is 110 Å². The van der Waals surface area contributed by atoms with Gasteiger partial charge >= 0.3 is 5.97 Å². The molecule has 2 atom stereocenters. The number of amides is 1. The lowest BCUT2D eigenvalue weighted by Gasteiger charge is -2.39. The Bertz CT molecular complexity index is 501. The van der Waals surface area contributed by atoms with E-state index in [2.05, 4.69) is 0 Å². The summed E-state index contributed by atoms with van der Waals surface area (Å²) < 4.78 is 13.9. The van der Waals surface area contributed by atoms with Crippen molar-refractivity contribution in [2.45, 2.75) is 25.8 Å². The Hall–Kier alpha value is -1.91. The molecule has 1 aliphatic heterocycles. The molecular formula is C14H16FNO3. The number of hydrogen-bond acceptors (Lipinski definition) is 2. The largest absolute Gasteiger partial charge is 0.481 e. The van der Waals surface area contributed by atoms with E-state index in [0.29, 0.717) is 6.54 Å². The van der Waals surface area contributed by atoms with Crippen molar-refractivity contribution in [3.05, 3.63) is 35.6 Å². The number of piperidine rings is 1. The topological polar surface area (TPSA) is 57.6 Å². The molecule has 0 saturated carbocycles. The molecule has 0 aromatic heterocycles. The maximum Gasteiger partial charge on any atom is 0.308 e. The van der Waals surface area contributed by atoms with Crippen molar-refractivity contribution in [2.24, 2.45) is 5.92 Å². The van der Waals surface area contributed by atoms with Gasteiger partial charge in [0.05, 0.1) is 12.0 Å².